The molecule has 196 valence electrons. The van der Waals surface area contributed by atoms with Crippen LogP contribution in [0.2, 0.25) is 4.34 Å². The Bertz CT molecular complexity index is 1280. The molecule has 2 unspecified atom stereocenters. The average molecular weight is 550 g/mol. The maximum Gasteiger partial charge on any atom is 0.352 e. The van der Waals surface area contributed by atoms with Crippen LogP contribution < -0.4 is 16.4 Å². The number of anilines is 1. The zero-order valence-electron chi connectivity index (χ0n) is 19.4. The number of carbonyl (C=O) groups is 4. The molecule has 0 aliphatic carbocycles. The summed E-state index contributed by atoms with van der Waals surface area (Å²) in [6.07, 6.45) is 3.67. The van der Waals surface area contributed by atoms with Gasteiger partial charge in [-0.1, -0.05) is 28.1 Å². The third kappa shape index (κ3) is 4.34. The molecule has 3 amide bonds. The van der Waals surface area contributed by atoms with Crippen molar-refractivity contribution in [3.8, 4) is 0 Å². The van der Waals surface area contributed by atoms with Gasteiger partial charge in [-0.2, -0.15) is 0 Å². The molecule has 4 aliphatic heterocycles. The van der Waals surface area contributed by atoms with E-state index in [2.05, 4.69) is 20.8 Å². The number of nitrogen functional groups attached to an aromatic ring is 1. The van der Waals surface area contributed by atoms with Crippen LogP contribution in [0.4, 0.5) is 5.13 Å². The van der Waals surface area contributed by atoms with Crippen LogP contribution in [0.25, 0.3) is 0 Å². The predicted molar refractivity (Wildman–Crippen MR) is 132 cm³/mol. The van der Waals surface area contributed by atoms with Crippen LogP contribution in [-0.4, -0.2) is 92.3 Å². The van der Waals surface area contributed by atoms with Crippen molar-refractivity contribution in [3.63, 3.8) is 0 Å². The van der Waals surface area contributed by atoms with Gasteiger partial charge in [-0.3, -0.25) is 19.3 Å². The maximum atomic E-state index is 13.0. The van der Waals surface area contributed by atoms with Crippen molar-refractivity contribution in [1.82, 2.24) is 25.4 Å². The normalized spacial score (nSPS) is 27.1. The van der Waals surface area contributed by atoms with Crippen LogP contribution in [0.15, 0.2) is 28.1 Å². The van der Waals surface area contributed by atoms with Gasteiger partial charge in [0.25, 0.3) is 11.8 Å². The summed E-state index contributed by atoms with van der Waals surface area (Å²) in [5, 5.41) is 28.0. The monoisotopic (exact) mass is 549 g/mol. The molecule has 0 aromatic carbocycles. The third-order valence-corrected chi connectivity index (χ3v) is 8.17. The van der Waals surface area contributed by atoms with E-state index in [-0.39, 0.29) is 32.8 Å². The van der Waals surface area contributed by atoms with Crippen molar-refractivity contribution in [2.45, 2.75) is 43.8 Å². The summed E-state index contributed by atoms with van der Waals surface area (Å²) in [6.45, 7) is 2.17. The number of carboxylic acid groups (broad SMARTS) is 1. The molecule has 15 heteroatoms. The molecular weight excluding hydrogens is 526 g/mol. The van der Waals surface area contributed by atoms with E-state index in [9.17, 15) is 29.5 Å². The first kappa shape index (κ1) is 25.2. The number of carbonyl (C=O) groups excluding carboxylic acids is 3. The van der Waals surface area contributed by atoms with Gasteiger partial charge in [0.05, 0.1) is 6.04 Å². The topological polar surface area (TPSA) is 191 Å². The van der Waals surface area contributed by atoms with E-state index in [1.807, 2.05) is 4.90 Å². The Kier molecular flexibility index (Phi) is 6.64. The van der Waals surface area contributed by atoms with Gasteiger partial charge in [-0.25, -0.2) is 9.78 Å². The van der Waals surface area contributed by atoms with E-state index in [4.69, 9.17) is 17.3 Å². The number of rotatable bonds is 6. The quantitative estimate of drug-likeness (QED) is 0.106. The fourth-order valence-corrected chi connectivity index (χ4v) is 6.27. The average Bonchev–Trinajstić information content (AvgIpc) is 3.59. The smallest absolute Gasteiger partial charge is 0.352 e. The van der Waals surface area contributed by atoms with Crippen LogP contribution in [0.1, 0.15) is 31.4 Å². The minimum atomic E-state index is -1.29. The molecule has 3 atom stereocenters. The number of nitrogens with two attached hydrogens (primary N) is 1. The molecule has 5 heterocycles. The highest BCUT2D eigenvalue weighted by molar-refractivity contribution is 7.19. The molecule has 6 N–H and O–H groups in total. The number of likely N-dealkylation sites (tertiary alicyclic amines) is 1. The molecule has 1 aromatic heterocycles. The lowest BCUT2D eigenvalue weighted by molar-refractivity contribution is -0.155. The van der Waals surface area contributed by atoms with Gasteiger partial charge in [0.1, 0.15) is 21.8 Å². The van der Waals surface area contributed by atoms with Crippen molar-refractivity contribution in [1.29, 1.82) is 0 Å². The first-order valence-corrected chi connectivity index (χ1v) is 12.9. The summed E-state index contributed by atoms with van der Waals surface area (Å²) in [6, 6.07) is -1.51. The molecule has 5 rings (SSSR count). The van der Waals surface area contributed by atoms with Gasteiger partial charge in [-0.15, -0.1) is 0 Å². The van der Waals surface area contributed by atoms with E-state index in [1.165, 1.54) is 0 Å². The fourth-order valence-electron chi connectivity index (χ4n) is 5.34. The number of thiazole rings is 1. The summed E-state index contributed by atoms with van der Waals surface area (Å²) in [4.78, 5) is 57.7. The summed E-state index contributed by atoms with van der Waals surface area (Å²) in [5.74, 6) is -2.92. The molecule has 3 saturated heterocycles. The van der Waals surface area contributed by atoms with E-state index in [1.54, 1.807) is 6.08 Å². The lowest BCUT2D eigenvalue weighted by Gasteiger charge is -2.50. The summed E-state index contributed by atoms with van der Waals surface area (Å²) in [5.41, 5.74) is 5.68. The van der Waals surface area contributed by atoms with Crippen molar-refractivity contribution < 1.29 is 29.5 Å². The minimum absolute atomic E-state index is 0.0395. The largest absolute Gasteiger partial charge is 0.477 e. The van der Waals surface area contributed by atoms with Gasteiger partial charge >= 0.3 is 5.97 Å². The highest BCUT2D eigenvalue weighted by Crippen LogP contribution is 2.38. The van der Waals surface area contributed by atoms with Gasteiger partial charge in [0, 0.05) is 24.7 Å². The zero-order chi connectivity index (χ0) is 26.4. The van der Waals surface area contributed by atoms with Crippen LogP contribution in [0, 0.1) is 0 Å². The first-order chi connectivity index (χ1) is 17.7. The highest BCUT2D eigenvalue weighted by atomic mass is 35.5. The highest BCUT2D eigenvalue weighted by Gasteiger charge is 2.53. The van der Waals surface area contributed by atoms with Gasteiger partial charge in [0.2, 0.25) is 5.91 Å². The number of carboxylic acids is 1. The molecule has 0 bridgehead atoms. The lowest BCUT2D eigenvalue weighted by Crippen LogP contribution is -2.72. The Morgan fingerprint density at radius 3 is 2.70 bits per heavy atom. The summed E-state index contributed by atoms with van der Waals surface area (Å²) in [7, 11) is 0. The number of hydrogen-bond acceptors (Lipinski definition) is 10. The molecule has 37 heavy (non-hydrogen) atoms. The molecular formula is C22H24ClN7O6S. The van der Waals surface area contributed by atoms with E-state index < -0.39 is 35.6 Å². The standard InChI is InChI=1S/C22H24ClN7O6S/c23-17-14(27-22(24)37-17)15(28-36)18(31)26-13-12-2-1-9(16(21(34)35)30(12)20(13)33)7-10-4-6-29(19(10)32)11-3-5-25-8-11/h7,11-13,25,36H,1-6,8H2,(H2,24,27)(H,26,31)(H,34,35)/b10-7+,28-15-/t11-,12?,13?/m1/s1. The number of halogens is 1. The number of allylic oxidation sites excluding steroid dienone is 2. The van der Waals surface area contributed by atoms with Crippen molar-refractivity contribution in [3.05, 3.63) is 32.9 Å². The molecule has 13 nitrogen and oxygen atoms in total. The molecule has 4 aliphatic rings. The van der Waals surface area contributed by atoms with Crippen molar-refractivity contribution >= 4 is 57.5 Å². The SMILES string of the molecule is Nc1nc(/C(=N/O)C(=O)NC2C(=O)N3C(C(=O)O)=C(/C=C4\CCN([C@@H]5CCNC5)C4=O)CCC23)c(Cl)s1. The molecule has 0 saturated carbocycles. The van der Waals surface area contributed by atoms with Crippen LogP contribution in [-0.2, 0) is 19.2 Å². The summed E-state index contributed by atoms with van der Waals surface area (Å²) >= 11 is 6.89. The van der Waals surface area contributed by atoms with Crippen molar-refractivity contribution in [2.24, 2.45) is 5.16 Å². The second kappa shape index (κ2) is 9.76. The van der Waals surface area contributed by atoms with Crippen molar-refractivity contribution in [2.75, 3.05) is 25.4 Å². The van der Waals surface area contributed by atoms with E-state index >= 15 is 0 Å². The Morgan fingerprint density at radius 1 is 1.30 bits per heavy atom. The number of hydrogen-bond donors (Lipinski definition) is 5. The Morgan fingerprint density at radius 2 is 2.08 bits per heavy atom. The van der Waals surface area contributed by atoms with E-state index in [0.717, 1.165) is 35.7 Å². The molecule has 3 fully saturated rings. The number of nitrogens with one attached hydrogen (secondary N) is 2. The summed E-state index contributed by atoms with van der Waals surface area (Å²) < 4.78 is 0.0395. The Balaban J connectivity index is 1.34. The van der Waals surface area contributed by atoms with Crippen LogP contribution in [0.5, 0.6) is 0 Å². The number of aliphatic carboxylic acids is 1. The van der Waals surface area contributed by atoms with Gasteiger partial charge in [-0.05, 0) is 43.9 Å². The third-order valence-electron chi connectivity index (χ3n) is 7.09. The number of oxime groups is 1. The van der Waals surface area contributed by atoms with Gasteiger partial charge in [0.15, 0.2) is 10.8 Å². The lowest BCUT2D eigenvalue weighted by atomic mass is 9.82. The molecule has 0 spiro atoms. The fraction of sp³-hybridized carbons (Fsp3) is 0.455. The van der Waals surface area contributed by atoms with Crippen LogP contribution in [0.3, 0.4) is 0 Å². The second-order valence-electron chi connectivity index (χ2n) is 9.13. The molecule has 0 radical (unpaired) electrons. The number of fused-ring (bicyclic) bond motifs is 1. The maximum absolute atomic E-state index is 13.0. The number of amides is 3. The van der Waals surface area contributed by atoms with Gasteiger partial charge < -0.3 is 31.6 Å². The van der Waals surface area contributed by atoms with E-state index in [0.29, 0.717) is 37.0 Å². The predicted octanol–water partition coefficient (Wildman–Crippen LogP) is -0.0943. The number of β-lactam (4-membered cyclic amide) rings is 1. The second-order valence-corrected chi connectivity index (χ2v) is 10.8. The Hall–Kier alpha value is -3.49. The Labute approximate surface area is 219 Å². The number of nitrogens with zero attached hydrogens (tertiary/aromatic N) is 4. The molecule has 1 aromatic rings. The first-order valence-electron chi connectivity index (χ1n) is 11.7. The minimum Gasteiger partial charge on any atom is -0.477 e. The number of aromatic nitrogens is 1. The zero-order valence-corrected chi connectivity index (χ0v) is 21.0. The van der Waals surface area contributed by atoms with Crippen LogP contribution >= 0.6 is 22.9 Å².